The van der Waals surface area contributed by atoms with Crippen LogP contribution in [0.2, 0.25) is 0 Å². The zero-order chi connectivity index (χ0) is 13.4. The van der Waals surface area contributed by atoms with Crippen LogP contribution in [0, 0.1) is 0 Å². The van der Waals surface area contributed by atoms with Crippen LogP contribution in [0.1, 0.15) is 26.3 Å². The third-order valence-electron chi connectivity index (χ3n) is 2.88. The van der Waals surface area contributed by atoms with E-state index in [0.717, 1.165) is 26.3 Å². The van der Waals surface area contributed by atoms with Crippen LogP contribution in [0.3, 0.4) is 0 Å². The standard InChI is InChI=1S/C15H26N2O/c1-5-18-11-10-17(4)15-9-7-6-8-14(15)12-16-13(2)3/h6-9,13,16H,5,10-12H2,1-4H3. The first kappa shape index (κ1) is 15.0. The van der Waals surface area contributed by atoms with E-state index in [1.165, 1.54) is 11.3 Å². The van der Waals surface area contributed by atoms with E-state index in [-0.39, 0.29) is 0 Å². The first-order valence-electron chi connectivity index (χ1n) is 6.75. The van der Waals surface area contributed by atoms with Gasteiger partial charge in [-0.2, -0.15) is 0 Å². The predicted molar refractivity (Wildman–Crippen MR) is 78.2 cm³/mol. The molecule has 1 aromatic carbocycles. The van der Waals surface area contributed by atoms with E-state index in [9.17, 15) is 0 Å². The number of hydrogen-bond acceptors (Lipinski definition) is 3. The Bertz CT molecular complexity index is 339. The third-order valence-corrected chi connectivity index (χ3v) is 2.88. The van der Waals surface area contributed by atoms with Crippen LogP contribution < -0.4 is 10.2 Å². The van der Waals surface area contributed by atoms with Crippen molar-refractivity contribution in [3.05, 3.63) is 29.8 Å². The number of hydrogen-bond donors (Lipinski definition) is 1. The molecule has 1 N–H and O–H groups in total. The molecule has 3 heteroatoms. The van der Waals surface area contributed by atoms with Gasteiger partial charge in [0.15, 0.2) is 0 Å². The quantitative estimate of drug-likeness (QED) is 0.718. The molecule has 0 heterocycles. The molecule has 0 spiro atoms. The van der Waals surface area contributed by atoms with E-state index >= 15 is 0 Å². The van der Waals surface area contributed by atoms with Gasteiger partial charge in [-0.1, -0.05) is 32.0 Å². The first-order valence-corrected chi connectivity index (χ1v) is 6.75. The average molecular weight is 250 g/mol. The van der Waals surface area contributed by atoms with Crippen LogP contribution in [0.25, 0.3) is 0 Å². The Labute approximate surface area is 111 Å². The highest BCUT2D eigenvalue weighted by molar-refractivity contribution is 5.53. The number of nitrogens with one attached hydrogen (secondary N) is 1. The number of nitrogens with zero attached hydrogens (tertiary/aromatic N) is 1. The van der Waals surface area contributed by atoms with E-state index in [1.54, 1.807) is 0 Å². The molecule has 0 saturated carbocycles. The van der Waals surface area contributed by atoms with Gasteiger partial charge >= 0.3 is 0 Å². The lowest BCUT2D eigenvalue weighted by molar-refractivity contribution is 0.154. The maximum absolute atomic E-state index is 5.41. The summed E-state index contributed by atoms with van der Waals surface area (Å²) in [7, 11) is 2.12. The van der Waals surface area contributed by atoms with Gasteiger partial charge < -0.3 is 15.0 Å². The van der Waals surface area contributed by atoms with E-state index < -0.39 is 0 Å². The first-order chi connectivity index (χ1) is 8.65. The molecule has 1 rings (SSSR count). The van der Waals surface area contributed by atoms with Gasteiger partial charge in [0.05, 0.1) is 6.61 Å². The van der Waals surface area contributed by atoms with Crippen molar-refractivity contribution in [1.29, 1.82) is 0 Å². The summed E-state index contributed by atoms with van der Waals surface area (Å²) in [6.45, 7) is 9.76. The molecule has 1 aromatic rings. The maximum Gasteiger partial charge on any atom is 0.0641 e. The average Bonchev–Trinajstić information content (AvgIpc) is 2.37. The summed E-state index contributed by atoms with van der Waals surface area (Å²) < 4.78 is 5.41. The monoisotopic (exact) mass is 250 g/mol. The summed E-state index contributed by atoms with van der Waals surface area (Å²) in [6.07, 6.45) is 0. The van der Waals surface area contributed by atoms with Crippen LogP contribution in [0.15, 0.2) is 24.3 Å². The smallest absolute Gasteiger partial charge is 0.0641 e. The molecule has 102 valence electrons. The van der Waals surface area contributed by atoms with E-state index in [2.05, 4.69) is 55.4 Å². The minimum Gasteiger partial charge on any atom is -0.380 e. The lowest BCUT2D eigenvalue weighted by Gasteiger charge is -2.23. The number of ether oxygens (including phenoxy) is 1. The Balaban J connectivity index is 2.62. The molecule has 0 aliphatic heterocycles. The van der Waals surface area contributed by atoms with Crippen molar-refractivity contribution in [3.63, 3.8) is 0 Å². The second kappa shape index (κ2) is 8.11. The lowest BCUT2D eigenvalue weighted by Crippen LogP contribution is -2.26. The molecular formula is C15H26N2O. The Morgan fingerprint density at radius 2 is 2.00 bits per heavy atom. The fourth-order valence-corrected chi connectivity index (χ4v) is 1.81. The fraction of sp³-hybridized carbons (Fsp3) is 0.600. The summed E-state index contributed by atoms with van der Waals surface area (Å²) in [6, 6.07) is 9.04. The van der Waals surface area contributed by atoms with Crippen molar-refractivity contribution in [3.8, 4) is 0 Å². The van der Waals surface area contributed by atoms with Crippen molar-refractivity contribution in [1.82, 2.24) is 5.32 Å². The van der Waals surface area contributed by atoms with Crippen molar-refractivity contribution in [2.45, 2.75) is 33.4 Å². The van der Waals surface area contributed by atoms with E-state index in [0.29, 0.717) is 6.04 Å². The normalized spacial score (nSPS) is 10.9. The van der Waals surface area contributed by atoms with Crippen LogP contribution in [0.4, 0.5) is 5.69 Å². The lowest BCUT2D eigenvalue weighted by atomic mass is 10.1. The van der Waals surface area contributed by atoms with Crippen molar-refractivity contribution < 1.29 is 4.74 Å². The Morgan fingerprint density at radius 3 is 2.67 bits per heavy atom. The molecule has 0 unspecified atom stereocenters. The van der Waals surface area contributed by atoms with Gasteiger partial charge in [-0.3, -0.25) is 0 Å². The van der Waals surface area contributed by atoms with Crippen LogP contribution in [0.5, 0.6) is 0 Å². The number of likely N-dealkylation sites (N-methyl/N-ethyl adjacent to an activating group) is 1. The number of rotatable bonds is 8. The molecule has 0 bridgehead atoms. The fourth-order valence-electron chi connectivity index (χ4n) is 1.81. The molecule has 0 fully saturated rings. The van der Waals surface area contributed by atoms with Crippen molar-refractivity contribution in [2.24, 2.45) is 0 Å². The molecular weight excluding hydrogens is 224 g/mol. The third kappa shape index (κ3) is 5.07. The van der Waals surface area contributed by atoms with Gasteiger partial charge in [0.2, 0.25) is 0 Å². The van der Waals surface area contributed by atoms with Gasteiger partial charge in [-0.05, 0) is 18.6 Å². The Hall–Kier alpha value is -1.06. The summed E-state index contributed by atoms with van der Waals surface area (Å²) in [5.74, 6) is 0. The summed E-state index contributed by atoms with van der Waals surface area (Å²) in [4.78, 5) is 2.26. The number of para-hydroxylation sites is 1. The zero-order valence-electron chi connectivity index (χ0n) is 12.1. The number of benzene rings is 1. The second-order valence-corrected chi connectivity index (χ2v) is 4.78. The second-order valence-electron chi connectivity index (χ2n) is 4.78. The summed E-state index contributed by atoms with van der Waals surface area (Å²) in [5, 5.41) is 3.47. The Morgan fingerprint density at radius 1 is 1.28 bits per heavy atom. The summed E-state index contributed by atoms with van der Waals surface area (Å²) in [5.41, 5.74) is 2.62. The van der Waals surface area contributed by atoms with Crippen molar-refractivity contribution >= 4 is 5.69 Å². The molecule has 0 aliphatic rings. The van der Waals surface area contributed by atoms with Gasteiger partial charge in [-0.25, -0.2) is 0 Å². The minimum atomic E-state index is 0.506. The molecule has 18 heavy (non-hydrogen) atoms. The highest BCUT2D eigenvalue weighted by atomic mass is 16.5. The minimum absolute atomic E-state index is 0.506. The predicted octanol–water partition coefficient (Wildman–Crippen LogP) is 2.66. The molecule has 0 aromatic heterocycles. The van der Waals surface area contributed by atoms with Crippen LogP contribution in [-0.4, -0.2) is 32.8 Å². The molecule has 0 amide bonds. The topological polar surface area (TPSA) is 24.5 Å². The van der Waals surface area contributed by atoms with Crippen LogP contribution in [-0.2, 0) is 11.3 Å². The molecule has 0 aliphatic carbocycles. The molecule has 0 saturated heterocycles. The summed E-state index contributed by atoms with van der Waals surface area (Å²) >= 11 is 0. The zero-order valence-corrected chi connectivity index (χ0v) is 12.1. The van der Waals surface area contributed by atoms with Crippen molar-refractivity contribution in [2.75, 3.05) is 31.7 Å². The SMILES string of the molecule is CCOCCN(C)c1ccccc1CNC(C)C. The highest BCUT2D eigenvalue weighted by Gasteiger charge is 2.06. The van der Waals surface area contributed by atoms with Gasteiger partial charge in [0.1, 0.15) is 0 Å². The molecule has 0 radical (unpaired) electrons. The van der Waals surface area contributed by atoms with Gasteiger partial charge in [0, 0.05) is 38.5 Å². The highest BCUT2D eigenvalue weighted by Crippen LogP contribution is 2.18. The van der Waals surface area contributed by atoms with E-state index in [1.807, 2.05) is 6.92 Å². The maximum atomic E-state index is 5.41. The Kier molecular flexibility index (Phi) is 6.76. The van der Waals surface area contributed by atoms with Crippen LogP contribution >= 0.6 is 0 Å². The van der Waals surface area contributed by atoms with Gasteiger partial charge in [0.25, 0.3) is 0 Å². The largest absolute Gasteiger partial charge is 0.380 e. The number of anilines is 1. The van der Waals surface area contributed by atoms with Gasteiger partial charge in [-0.15, -0.1) is 0 Å². The molecule has 3 nitrogen and oxygen atoms in total. The molecule has 0 atom stereocenters. The van der Waals surface area contributed by atoms with E-state index in [4.69, 9.17) is 4.74 Å².